The first-order valence-electron chi connectivity index (χ1n) is 8.93. The maximum atomic E-state index is 12.6. The summed E-state index contributed by atoms with van der Waals surface area (Å²) in [5.41, 5.74) is 1.13. The van der Waals surface area contributed by atoms with Crippen LogP contribution >= 0.6 is 0 Å². The fourth-order valence-corrected chi connectivity index (χ4v) is 3.84. The molecule has 24 heavy (non-hydrogen) atoms. The van der Waals surface area contributed by atoms with Crippen LogP contribution in [0.2, 0.25) is 0 Å². The summed E-state index contributed by atoms with van der Waals surface area (Å²) >= 11 is 0. The van der Waals surface area contributed by atoms with Crippen LogP contribution in [-0.2, 0) is 16.0 Å². The van der Waals surface area contributed by atoms with Gasteiger partial charge in [0.05, 0.1) is 12.6 Å². The van der Waals surface area contributed by atoms with Crippen molar-refractivity contribution in [2.45, 2.75) is 50.7 Å². The lowest BCUT2D eigenvalue weighted by atomic mass is 9.84. The molecular weight excluding hydrogens is 304 g/mol. The minimum absolute atomic E-state index is 0.0452. The van der Waals surface area contributed by atoms with Gasteiger partial charge in [0.15, 0.2) is 0 Å². The maximum absolute atomic E-state index is 12.6. The highest BCUT2D eigenvalue weighted by atomic mass is 16.3. The number of nitrogens with zero attached hydrogens (tertiary/aromatic N) is 1. The number of aliphatic hydroxyl groups is 1. The minimum Gasteiger partial charge on any atom is -0.383 e. The highest BCUT2D eigenvalue weighted by Crippen LogP contribution is 2.27. The average molecular weight is 330 g/mol. The van der Waals surface area contributed by atoms with Gasteiger partial charge in [-0.05, 0) is 30.7 Å². The molecule has 130 valence electrons. The Balaban J connectivity index is 1.62. The van der Waals surface area contributed by atoms with Crippen LogP contribution in [-0.4, -0.2) is 47.1 Å². The second kappa shape index (κ2) is 7.79. The van der Waals surface area contributed by atoms with E-state index in [1.165, 1.54) is 11.3 Å². The van der Waals surface area contributed by atoms with Crippen molar-refractivity contribution < 1.29 is 14.7 Å². The monoisotopic (exact) mass is 330 g/mol. The van der Waals surface area contributed by atoms with Crippen LogP contribution in [0.4, 0.5) is 0 Å². The average Bonchev–Trinajstić information content (AvgIpc) is 2.61. The lowest BCUT2D eigenvalue weighted by Gasteiger charge is -2.36. The van der Waals surface area contributed by atoms with Gasteiger partial charge in [-0.1, -0.05) is 49.6 Å². The molecule has 2 N–H and O–H groups in total. The van der Waals surface area contributed by atoms with Crippen molar-refractivity contribution in [1.82, 2.24) is 10.2 Å². The first-order chi connectivity index (χ1) is 11.6. The van der Waals surface area contributed by atoms with Gasteiger partial charge in [0.1, 0.15) is 6.10 Å². The summed E-state index contributed by atoms with van der Waals surface area (Å²) < 4.78 is 0. The molecule has 5 heteroatoms. The maximum Gasteiger partial charge on any atom is 0.252 e. The molecule has 0 spiro atoms. The van der Waals surface area contributed by atoms with Crippen molar-refractivity contribution in [2.24, 2.45) is 5.92 Å². The largest absolute Gasteiger partial charge is 0.383 e. The molecular formula is C19H26N2O3. The number of aliphatic hydroxyl groups excluding tert-OH is 1. The van der Waals surface area contributed by atoms with E-state index < -0.39 is 6.10 Å². The molecule has 1 aromatic rings. The number of rotatable bonds is 4. The van der Waals surface area contributed by atoms with Gasteiger partial charge in [-0.25, -0.2) is 0 Å². The molecule has 3 rings (SSSR count). The van der Waals surface area contributed by atoms with Gasteiger partial charge in [0, 0.05) is 6.54 Å². The first-order valence-corrected chi connectivity index (χ1v) is 8.93. The van der Waals surface area contributed by atoms with Gasteiger partial charge in [0.2, 0.25) is 5.91 Å². The van der Waals surface area contributed by atoms with Crippen LogP contribution in [0.5, 0.6) is 0 Å². The highest BCUT2D eigenvalue weighted by Gasteiger charge is 2.35. The van der Waals surface area contributed by atoms with Crippen molar-refractivity contribution in [3.8, 4) is 0 Å². The predicted octanol–water partition coefficient (Wildman–Crippen LogP) is 1.50. The molecule has 2 aliphatic rings. The Bertz CT molecular complexity index is 569. The summed E-state index contributed by atoms with van der Waals surface area (Å²) in [5, 5.41) is 13.4. The first kappa shape index (κ1) is 17.0. The van der Waals surface area contributed by atoms with Crippen LogP contribution in [0.1, 0.15) is 37.7 Å². The molecule has 1 aromatic carbocycles. The Morgan fingerprint density at radius 3 is 2.62 bits per heavy atom. The van der Waals surface area contributed by atoms with Gasteiger partial charge in [-0.15, -0.1) is 0 Å². The van der Waals surface area contributed by atoms with E-state index >= 15 is 0 Å². The number of amides is 2. The number of carbonyl (C=O) groups is 2. The summed E-state index contributed by atoms with van der Waals surface area (Å²) in [5.74, 6) is -0.384. The number of piperazine rings is 1. The molecule has 5 nitrogen and oxygen atoms in total. The lowest BCUT2D eigenvalue weighted by molar-refractivity contribution is -0.149. The molecule has 0 unspecified atom stereocenters. The van der Waals surface area contributed by atoms with Gasteiger partial charge < -0.3 is 15.3 Å². The fraction of sp³-hybridized carbons (Fsp3) is 0.579. The summed E-state index contributed by atoms with van der Waals surface area (Å²) in [7, 11) is 0. The van der Waals surface area contributed by atoms with E-state index in [0.29, 0.717) is 13.0 Å². The number of hydrogen-bond donors (Lipinski definition) is 2. The molecule has 1 aliphatic heterocycles. The van der Waals surface area contributed by atoms with Crippen LogP contribution in [0.3, 0.4) is 0 Å². The molecule has 1 saturated heterocycles. The van der Waals surface area contributed by atoms with Crippen LogP contribution in [0.25, 0.3) is 0 Å². The van der Waals surface area contributed by atoms with Crippen LogP contribution < -0.4 is 5.32 Å². The standard InChI is InChI=1S/C19H26N2O3/c22-17-13-21(19(24)18(23)15-9-5-2-6-10-15)12-16(20-17)11-14-7-3-1-4-8-14/h1,3-4,7-8,15-16,18,23H,2,5-6,9-13H2,(H,20,22)/t16-,18+/m0/s1. The Kier molecular flexibility index (Phi) is 5.51. The predicted molar refractivity (Wildman–Crippen MR) is 91.2 cm³/mol. The van der Waals surface area contributed by atoms with Crippen molar-refractivity contribution in [3.05, 3.63) is 35.9 Å². The zero-order valence-electron chi connectivity index (χ0n) is 14.0. The van der Waals surface area contributed by atoms with Gasteiger partial charge in [0.25, 0.3) is 5.91 Å². The fourth-order valence-electron chi connectivity index (χ4n) is 3.84. The number of carbonyl (C=O) groups excluding carboxylic acids is 2. The van der Waals surface area contributed by atoms with E-state index in [-0.39, 0.29) is 30.3 Å². The van der Waals surface area contributed by atoms with Gasteiger partial charge in [-0.2, -0.15) is 0 Å². The van der Waals surface area contributed by atoms with E-state index in [1.54, 1.807) is 0 Å². The lowest BCUT2D eigenvalue weighted by Crippen LogP contribution is -2.58. The van der Waals surface area contributed by atoms with E-state index in [1.807, 2.05) is 30.3 Å². The quantitative estimate of drug-likeness (QED) is 0.879. The summed E-state index contributed by atoms with van der Waals surface area (Å²) in [6, 6.07) is 9.83. The molecule has 0 radical (unpaired) electrons. The normalized spacial score (nSPS) is 23.6. The molecule has 2 atom stereocenters. The number of hydrogen-bond acceptors (Lipinski definition) is 3. The molecule has 2 fully saturated rings. The zero-order chi connectivity index (χ0) is 16.9. The van der Waals surface area contributed by atoms with E-state index in [4.69, 9.17) is 0 Å². The van der Waals surface area contributed by atoms with E-state index in [0.717, 1.165) is 31.2 Å². The van der Waals surface area contributed by atoms with Crippen LogP contribution in [0, 0.1) is 5.92 Å². The van der Waals surface area contributed by atoms with Gasteiger partial charge >= 0.3 is 0 Å². The molecule has 1 heterocycles. The summed E-state index contributed by atoms with van der Waals surface area (Å²) in [6.45, 7) is 0.511. The number of nitrogens with one attached hydrogen (secondary N) is 1. The third-order valence-corrected chi connectivity index (χ3v) is 5.13. The van der Waals surface area contributed by atoms with Crippen molar-refractivity contribution in [3.63, 3.8) is 0 Å². The molecule has 0 bridgehead atoms. The second-order valence-corrected chi connectivity index (χ2v) is 7.02. The topological polar surface area (TPSA) is 69.6 Å². The third kappa shape index (κ3) is 4.15. The number of benzene rings is 1. The Hall–Kier alpha value is -1.88. The van der Waals surface area contributed by atoms with E-state index in [2.05, 4.69) is 5.32 Å². The summed E-state index contributed by atoms with van der Waals surface area (Å²) in [6.07, 6.45) is 4.87. The smallest absolute Gasteiger partial charge is 0.252 e. The molecule has 2 amide bonds. The van der Waals surface area contributed by atoms with Crippen LogP contribution in [0.15, 0.2) is 30.3 Å². The highest BCUT2D eigenvalue weighted by molar-refractivity contribution is 5.88. The Labute approximate surface area is 143 Å². The van der Waals surface area contributed by atoms with Crippen molar-refractivity contribution in [1.29, 1.82) is 0 Å². The second-order valence-electron chi connectivity index (χ2n) is 7.02. The SMILES string of the molecule is O=C1CN(C(=O)[C@H](O)C2CCCCC2)C[C@H](Cc2ccccc2)N1. The Morgan fingerprint density at radius 1 is 1.21 bits per heavy atom. The molecule has 1 saturated carbocycles. The Morgan fingerprint density at radius 2 is 1.92 bits per heavy atom. The molecule has 1 aliphatic carbocycles. The minimum atomic E-state index is -0.964. The van der Waals surface area contributed by atoms with Crippen molar-refractivity contribution in [2.75, 3.05) is 13.1 Å². The van der Waals surface area contributed by atoms with Crippen molar-refractivity contribution >= 4 is 11.8 Å². The third-order valence-electron chi connectivity index (χ3n) is 5.13. The van der Waals surface area contributed by atoms with Gasteiger partial charge in [-0.3, -0.25) is 9.59 Å². The zero-order valence-corrected chi connectivity index (χ0v) is 14.0. The summed E-state index contributed by atoms with van der Waals surface area (Å²) in [4.78, 5) is 26.2. The van der Waals surface area contributed by atoms with E-state index in [9.17, 15) is 14.7 Å². The molecule has 0 aromatic heterocycles.